The Morgan fingerprint density at radius 2 is 1.27 bits per heavy atom. The highest BCUT2D eigenvalue weighted by Gasteiger charge is 2.32. The van der Waals surface area contributed by atoms with E-state index in [1.807, 2.05) is 13.8 Å². The zero-order valence-electron chi connectivity index (χ0n) is 33.6. The van der Waals surface area contributed by atoms with E-state index in [-0.39, 0.29) is 30.1 Å². The number of benzene rings is 1. The van der Waals surface area contributed by atoms with Gasteiger partial charge in [-0.2, -0.15) is 0 Å². The summed E-state index contributed by atoms with van der Waals surface area (Å²) in [5, 5.41) is 31.7. The molecule has 0 aliphatic rings. The van der Waals surface area contributed by atoms with Crippen LogP contribution in [-0.4, -0.2) is 105 Å². The Hall–Kier alpha value is -6.50. The van der Waals surface area contributed by atoms with Gasteiger partial charge in [-0.05, 0) is 48.6 Å². The van der Waals surface area contributed by atoms with Crippen molar-refractivity contribution in [2.45, 2.75) is 96.4 Å². The summed E-state index contributed by atoms with van der Waals surface area (Å²) in [6, 6.07) is 8.28. The highest BCUT2D eigenvalue weighted by Crippen LogP contribution is 2.16. The third-order valence-electron chi connectivity index (χ3n) is 8.71. The van der Waals surface area contributed by atoms with E-state index < -0.39 is 109 Å². The van der Waals surface area contributed by atoms with Crippen molar-refractivity contribution < 1.29 is 58.1 Å². The van der Waals surface area contributed by atoms with Crippen LogP contribution >= 0.6 is 11.3 Å². The topological polar surface area (TPSA) is 276 Å². The summed E-state index contributed by atoms with van der Waals surface area (Å²) in [5.41, 5.74) is 1.18. The SMILES string of the molecule is CC(=O)N[C@@H](Cc1cccnc1)C(=O)N[C@@H](CC(=O)O)C(=O)N[C@H](CC(=O)N[C@@H](Cc1ccccc1)C(=O)N[C@@H](CC(=O)O)C(=O)COC(=O)c1ccc(C)s1)CC(C)C. The number of aryl methyl sites for hydroxylation is 1. The first-order valence-electron chi connectivity index (χ1n) is 19.0. The fourth-order valence-electron chi connectivity index (χ4n) is 6.01. The Morgan fingerprint density at radius 1 is 0.683 bits per heavy atom. The van der Waals surface area contributed by atoms with Gasteiger partial charge in [0.05, 0.1) is 12.8 Å². The number of carboxylic acid groups (broad SMARTS) is 2. The molecule has 0 unspecified atom stereocenters. The Bertz CT molecular complexity index is 1990. The molecule has 60 heavy (non-hydrogen) atoms. The highest BCUT2D eigenvalue weighted by molar-refractivity contribution is 7.13. The second kappa shape index (κ2) is 23.8. The van der Waals surface area contributed by atoms with Crippen molar-refractivity contribution in [1.82, 2.24) is 31.6 Å². The molecule has 0 saturated heterocycles. The van der Waals surface area contributed by atoms with Gasteiger partial charge in [0.2, 0.25) is 29.5 Å². The minimum Gasteiger partial charge on any atom is -0.481 e. The number of amides is 5. The van der Waals surface area contributed by atoms with E-state index in [9.17, 15) is 53.4 Å². The maximum Gasteiger partial charge on any atom is 0.348 e. The van der Waals surface area contributed by atoms with Crippen LogP contribution in [0.25, 0.3) is 0 Å². The van der Waals surface area contributed by atoms with Gasteiger partial charge in [0.15, 0.2) is 12.4 Å². The lowest BCUT2D eigenvalue weighted by Crippen LogP contribution is -2.56. The number of aromatic nitrogens is 1. The monoisotopic (exact) mass is 850 g/mol. The Kier molecular flexibility index (Phi) is 19.0. The van der Waals surface area contributed by atoms with Crippen LogP contribution in [0.4, 0.5) is 0 Å². The van der Waals surface area contributed by atoms with E-state index >= 15 is 0 Å². The van der Waals surface area contributed by atoms with Crippen molar-refractivity contribution in [2.24, 2.45) is 5.92 Å². The first kappa shape index (κ1) is 47.9. The normalized spacial score (nSPS) is 13.3. The molecule has 0 aliphatic carbocycles. The molecular weight excluding hydrogens is 801 g/mol. The summed E-state index contributed by atoms with van der Waals surface area (Å²) in [4.78, 5) is 120. The molecular formula is C41H50N6O12S. The molecule has 18 nitrogen and oxygen atoms in total. The molecule has 5 amide bonds. The second-order valence-electron chi connectivity index (χ2n) is 14.4. The summed E-state index contributed by atoms with van der Waals surface area (Å²) >= 11 is 1.14. The van der Waals surface area contributed by atoms with Crippen molar-refractivity contribution in [3.05, 3.63) is 87.9 Å². The van der Waals surface area contributed by atoms with E-state index in [1.165, 1.54) is 25.4 Å². The van der Waals surface area contributed by atoms with Crippen LogP contribution in [0.2, 0.25) is 0 Å². The summed E-state index contributed by atoms with van der Waals surface area (Å²) in [6.45, 7) is 5.77. The van der Waals surface area contributed by atoms with E-state index in [0.717, 1.165) is 16.2 Å². The molecule has 0 saturated carbocycles. The van der Waals surface area contributed by atoms with Gasteiger partial charge >= 0.3 is 17.9 Å². The summed E-state index contributed by atoms with van der Waals surface area (Å²) in [6.07, 6.45) is 1.01. The molecule has 7 N–H and O–H groups in total. The molecule has 5 atom stereocenters. The highest BCUT2D eigenvalue weighted by atomic mass is 32.1. The third kappa shape index (κ3) is 17.2. The second-order valence-corrected chi connectivity index (χ2v) is 15.7. The van der Waals surface area contributed by atoms with Gasteiger partial charge in [-0.1, -0.05) is 50.2 Å². The molecule has 0 bridgehead atoms. The minimum atomic E-state index is -1.63. The van der Waals surface area contributed by atoms with Crippen LogP contribution in [0.3, 0.4) is 0 Å². The lowest BCUT2D eigenvalue weighted by molar-refractivity contribution is -0.141. The first-order valence-corrected chi connectivity index (χ1v) is 19.8. The average molecular weight is 851 g/mol. The predicted octanol–water partition coefficient (Wildman–Crippen LogP) is 1.49. The quantitative estimate of drug-likeness (QED) is 0.0631. The van der Waals surface area contributed by atoms with Crippen LogP contribution in [0.15, 0.2) is 67.0 Å². The Labute approximate surface area is 350 Å². The number of rotatable bonds is 24. The molecule has 2 aromatic heterocycles. The molecule has 3 rings (SSSR count). The van der Waals surface area contributed by atoms with Gasteiger partial charge in [-0.3, -0.25) is 43.3 Å². The van der Waals surface area contributed by atoms with Crippen LogP contribution in [0.5, 0.6) is 0 Å². The van der Waals surface area contributed by atoms with Crippen molar-refractivity contribution in [2.75, 3.05) is 6.61 Å². The first-order chi connectivity index (χ1) is 28.4. The zero-order valence-corrected chi connectivity index (χ0v) is 34.4. The smallest absolute Gasteiger partial charge is 0.348 e. The fraction of sp³-hybridized carbons (Fsp3) is 0.415. The Balaban J connectivity index is 1.78. The van der Waals surface area contributed by atoms with E-state index in [4.69, 9.17) is 4.74 Å². The number of carboxylic acids is 2. The number of ether oxygens (including phenoxy) is 1. The lowest BCUT2D eigenvalue weighted by atomic mass is 9.99. The number of hydrogen-bond acceptors (Lipinski definition) is 12. The van der Waals surface area contributed by atoms with Crippen LogP contribution in [-0.2, 0) is 55.9 Å². The number of nitrogens with one attached hydrogen (secondary N) is 5. The number of carbonyl (C=O) groups excluding carboxylic acids is 7. The van der Waals surface area contributed by atoms with Gasteiger partial charge in [0.25, 0.3) is 0 Å². The number of aliphatic carboxylic acids is 2. The van der Waals surface area contributed by atoms with E-state index in [1.54, 1.807) is 55.5 Å². The largest absolute Gasteiger partial charge is 0.481 e. The summed E-state index contributed by atoms with van der Waals surface area (Å²) in [5.74, 6) is -8.61. The van der Waals surface area contributed by atoms with Gasteiger partial charge in [0.1, 0.15) is 29.0 Å². The minimum absolute atomic E-state index is 0.0114. The fourth-order valence-corrected chi connectivity index (χ4v) is 6.77. The number of pyridine rings is 1. The van der Waals surface area contributed by atoms with Crippen molar-refractivity contribution >= 4 is 64.6 Å². The van der Waals surface area contributed by atoms with Gasteiger partial charge in [0, 0.05) is 49.5 Å². The molecule has 2 heterocycles. The number of thiophene rings is 1. The zero-order chi connectivity index (χ0) is 44.4. The molecule has 0 aliphatic heterocycles. The van der Waals surface area contributed by atoms with Crippen molar-refractivity contribution in [1.29, 1.82) is 0 Å². The lowest BCUT2D eigenvalue weighted by Gasteiger charge is -2.26. The van der Waals surface area contributed by atoms with Crippen LogP contribution < -0.4 is 26.6 Å². The van der Waals surface area contributed by atoms with Gasteiger partial charge < -0.3 is 41.5 Å². The molecule has 0 spiro atoms. The summed E-state index contributed by atoms with van der Waals surface area (Å²) < 4.78 is 5.08. The number of nitrogens with zero attached hydrogens (tertiary/aromatic N) is 1. The molecule has 19 heteroatoms. The van der Waals surface area contributed by atoms with Crippen LogP contribution in [0.1, 0.15) is 72.1 Å². The molecule has 0 fully saturated rings. The average Bonchev–Trinajstić information content (AvgIpc) is 3.61. The number of esters is 1. The number of ketones is 1. The number of hydrogen-bond donors (Lipinski definition) is 7. The molecule has 322 valence electrons. The van der Waals surface area contributed by atoms with Gasteiger partial charge in [-0.25, -0.2) is 4.79 Å². The van der Waals surface area contributed by atoms with Crippen molar-refractivity contribution in [3.63, 3.8) is 0 Å². The number of Topliss-reactive ketones (excluding diaryl/α,β-unsaturated/α-hetero) is 1. The van der Waals surface area contributed by atoms with E-state index in [0.29, 0.717) is 11.1 Å². The van der Waals surface area contributed by atoms with Crippen molar-refractivity contribution in [3.8, 4) is 0 Å². The third-order valence-corrected chi connectivity index (χ3v) is 9.69. The molecule has 0 radical (unpaired) electrons. The van der Waals surface area contributed by atoms with Crippen LogP contribution in [0, 0.1) is 12.8 Å². The Morgan fingerprint density at radius 3 is 1.83 bits per heavy atom. The standard InChI is InChI=1S/C41H50N6O12S/c1-23(2)15-28(44-38(55)32(20-37(53)54)47-39(56)30(43-25(4)48)17-27-11-8-14-42-21-27)18-35(50)45-31(16-26-9-6-5-7-10-26)40(57)46-29(19-36(51)52)33(49)22-59-41(58)34-13-12-24(3)60-34/h5-14,21,23,28-32H,15-20,22H2,1-4H3,(H,43,48)(H,44,55)(H,45,50)(H,46,57)(H,47,56)(H,51,52)(H,53,54)/t28-,29-,30-,31-,32-/m0/s1. The summed E-state index contributed by atoms with van der Waals surface area (Å²) in [7, 11) is 0. The molecule has 3 aromatic rings. The molecule has 1 aromatic carbocycles. The maximum absolute atomic E-state index is 13.7. The maximum atomic E-state index is 13.7. The van der Waals surface area contributed by atoms with E-state index in [2.05, 4.69) is 31.6 Å². The van der Waals surface area contributed by atoms with Gasteiger partial charge in [-0.15, -0.1) is 11.3 Å². The number of carbonyl (C=O) groups is 9. The predicted molar refractivity (Wildman–Crippen MR) is 216 cm³/mol.